The molecular formula is C15H13BrO4. The number of benzene rings is 2. The molecule has 5 heteroatoms. The Kier molecular flexibility index (Phi) is 4.29. The Morgan fingerprint density at radius 3 is 2.40 bits per heavy atom. The summed E-state index contributed by atoms with van der Waals surface area (Å²) < 4.78 is 12.0. The molecule has 0 aromatic heterocycles. The lowest BCUT2D eigenvalue weighted by Crippen LogP contribution is -2.00. The smallest absolute Gasteiger partial charge is 0.335 e. The van der Waals surface area contributed by atoms with E-state index in [1.807, 2.05) is 24.3 Å². The highest BCUT2D eigenvalue weighted by atomic mass is 79.9. The van der Waals surface area contributed by atoms with Crippen LogP contribution in [0.25, 0.3) is 0 Å². The van der Waals surface area contributed by atoms with Crippen molar-refractivity contribution in [2.24, 2.45) is 0 Å². The number of carboxylic acid groups (broad SMARTS) is 1. The van der Waals surface area contributed by atoms with Crippen molar-refractivity contribution in [1.82, 2.24) is 0 Å². The van der Waals surface area contributed by atoms with E-state index in [0.717, 1.165) is 4.47 Å². The zero-order valence-electron chi connectivity index (χ0n) is 11.0. The first-order valence-electron chi connectivity index (χ1n) is 5.86. The Balaban J connectivity index is 2.40. The molecule has 0 unspecified atom stereocenters. The third kappa shape index (κ3) is 3.11. The van der Waals surface area contributed by atoms with Gasteiger partial charge in [0.1, 0.15) is 5.75 Å². The highest BCUT2D eigenvalue weighted by Crippen LogP contribution is 2.36. The number of ether oxygens (including phenoxy) is 2. The summed E-state index contributed by atoms with van der Waals surface area (Å²) in [4.78, 5) is 11.0. The van der Waals surface area contributed by atoms with Crippen LogP contribution in [0.3, 0.4) is 0 Å². The molecule has 0 saturated carbocycles. The van der Waals surface area contributed by atoms with Gasteiger partial charge in [0.2, 0.25) is 0 Å². The lowest BCUT2D eigenvalue weighted by molar-refractivity contribution is 0.0696. The molecule has 20 heavy (non-hydrogen) atoms. The molecule has 1 N–H and O–H groups in total. The van der Waals surface area contributed by atoms with Crippen molar-refractivity contribution in [3.63, 3.8) is 0 Å². The van der Waals surface area contributed by atoms with Crippen LogP contribution in [0.5, 0.6) is 17.2 Å². The number of hydrogen-bond acceptors (Lipinski definition) is 3. The van der Waals surface area contributed by atoms with Crippen molar-refractivity contribution in [3.05, 3.63) is 52.0 Å². The molecule has 0 spiro atoms. The SMILES string of the molecule is COc1cc(C(=O)O)cc(C)c1Oc1ccc(Br)cc1. The number of rotatable bonds is 4. The fourth-order valence-electron chi connectivity index (χ4n) is 1.77. The average molecular weight is 337 g/mol. The molecule has 2 aromatic rings. The van der Waals surface area contributed by atoms with Gasteiger partial charge < -0.3 is 14.6 Å². The molecule has 0 aliphatic carbocycles. The van der Waals surface area contributed by atoms with E-state index >= 15 is 0 Å². The summed E-state index contributed by atoms with van der Waals surface area (Å²) in [6.45, 7) is 1.78. The van der Waals surface area contributed by atoms with Gasteiger partial charge in [-0.25, -0.2) is 4.79 Å². The van der Waals surface area contributed by atoms with Crippen LogP contribution >= 0.6 is 15.9 Å². The lowest BCUT2D eigenvalue weighted by Gasteiger charge is -2.14. The minimum absolute atomic E-state index is 0.169. The maximum atomic E-state index is 11.0. The molecule has 0 bridgehead atoms. The number of methoxy groups -OCH3 is 1. The second-order valence-corrected chi connectivity index (χ2v) is 5.10. The van der Waals surface area contributed by atoms with Crippen LogP contribution in [0.1, 0.15) is 15.9 Å². The van der Waals surface area contributed by atoms with Crippen LogP contribution in [0, 0.1) is 6.92 Å². The zero-order chi connectivity index (χ0) is 14.7. The molecule has 4 nitrogen and oxygen atoms in total. The molecule has 104 valence electrons. The first-order valence-corrected chi connectivity index (χ1v) is 6.66. The van der Waals surface area contributed by atoms with E-state index in [2.05, 4.69) is 15.9 Å². The Morgan fingerprint density at radius 1 is 1.20 bits per heavy atom. The Morgan fingerprint density at radius 2 is 1.85 bits per heavy atom. The maximum absolute atomic E-state index is 11.0. The molecule has 0 heterocycles. The third-order valence-electron chi connectivity index (χ3n) is 2.74. The highest BCUT2D eigenvalue weighted by molar-refractivity contribution is 9.10. The highest BCUT2D eigenvalue weighted by Gasteiger charge is 2.14. The zero-order valence-corrected chi connectivity index (χ0v) is 12.6. The van der Waals surface area contributed by atoms with Crippen molar-refractivity contribution in [1.29, 1.82) is 0 Å². The minimum atomic E-state index is -0.999. The third-order valence-corrected chi connectivity index (χ3v) is 3.27. The molecule has 0 aliphatic heterocycles. The van der Waals surface area contributed by atoms with Crippen LogP contribution in [0.15, 0.2) is 40.9 Å². The predicted octanol–water partition coefficient (Wildman–Crippen LogP) is 4.26. The fraction of sp³-hybridized carbons (Fsp3) is 0.133. The van der Waals surface area contributed by atoms with Crippen molar-refractivity contribution in [3.8, 4) is 17.2 Å². The van der Waals surface area contributed by atoms with Gasteiger partial charge in [0.05, 0.1) is 12.7 Å². The van der Waals surface area contributed by atoms with E-state index in [9.17, 15) is 4.79 Å². The average Bonchev–Trinajstić information content (AvgIpc) is 2.42. The maximum Gasteiger partial charge on any atom is 0.335 e. The Bertz CT molecular complexity index is 635. The van der Waals surface area contributed by atoms with Crippen LogP contribution < -0.4 is 9.47 Å². The number of aromatic carboxylic acids is 1. The molecule has 0 aliphatic rings. The molecule has 0 radical (unpaired) electrons. The standard InChI is InChI=1S/C15H13BrO4/c1-9-7-10(15(17)18)8-13(19-2)14(9)20-12-5-3-11(16)4-6-12/h3-8H,1-2H3,(H,17,18). The van der Waals surface area contributed by atoms with E-state index in [4.69, 9.17) is 14.6 Å². The fourth-order valence-corrected chi connectivity index (χ4v) is 2.03. The normalized spacial score (nSPS) is 10.2. The molecule has 0 saturated heterocycles. The van der Waals surface area contributed by atoms with Gasteiger partial charge in [0.25, 0.3) is 0 Å². The van der Waals surface area contributed by atoms with Crippen LogP contribution in [0.2, 0.25) is 0 Å². The number of halogens is 1. The Labute approximate surface area is 125 Å². The van der Waals surface area contributed by atoms with Gasteiger partial charge in [-0.2, -0.15) is 0 Å². The number of carbonyl (C=O) groups is 1. The number of hydrogen-bond donors (Lipinski definition) is 1. The molecule has 2 rings (SSSR count). The van der Waals surface area contributed by atoms with Crippen molar-refractivity contribution < 1.29 is 19.4 Å². The second-order valence-electron chi connectivity index (χ2n) is 4.19. The summed E-state index contributed by atoms with van der Waals surface area (Å²) in [5, 5.41) is 9.04. The van der Waals surface area contributed by atoms with E-state index in [-0.39, 0.29) is 5.56 Å². The van der Waals surface area contributed by atoms with E-state index < -0.39 is 5.97 Å². The van der Waals surface area contributed by atoms with Gasteiger partial charge in [-0.3, -0.25) is 0 Å². The van der Waals surface area contributed by atoms with Gasteiger partial charge in [-0.05, 0) is 48.9 Å². The lowest BCUT2D eigenvalue weighted by atomic mass is 10.1. The van der Waals surface area contributed by atoms with E-state index in [1.165, 1.54) is 13.2 Å². The van der Waals surface area contributed by atoms with Crippen LogP contribution in [-0.4, -0.2) is 18.2 Å². The molecule has 0 fully saturated rings. The van der Waals surface area contributed by atoms with Crippen LogP contribution in [-0.2, 0) is 0 Å². The van der Waals surface area contributed by atoms with Crippen molar-refractivity contribution >= 4 is 21.9 Å². The molecule has 0 atom stereocenters. The summed E-state index contributed by atoms with van der Waals surface area (Å²) in [5.41, 5.74) is 0.868. The summed E-state index contributed by atoms with van der Waals surface area (Å²) in [5.74, 6) is 0.560. The molecule has 2 aromatic carbocycles. The summed E-state index contributed by atoms with van der Waals surface area (Å²) in [7, 11) is 1.48. The van der Waals surface area contributed by atoms with Crippen molar-refractivity contribution in [2.75, 3.05) is 7.11 Å². The first kappa shape index (κ1) is 14.4. The number of carboxylic acids is 1. The summed E-state index contributed by atoms with van der Waals surface area (Å²) >= 11 is 3.35. The second kappa shape index (κ2) is 5.96. The monoisotopic (exact) mass is 336 g/mol. The minimum Gasteiger partial charge on any atom is -0.493 e. The van der Waals surface area contributed by atoms with E-state index in [1.54, 1.807) is 13.0 Å². The van der Waals surface area contributed by atoms with Gasteiger partial charge >= 0.3 is 5.97 Å². The topological polar surface area (TPSA) is 55.8 Å². The number of aryl methyl sites for hydroxylation is 1. The molecule has 0 amide bonds. The summed E-state index contributed by atoms with van der Waals surface area (Å²) in [6, 6.07) is 10.4. The van der Waals surface area contributed by atoms with Gasteiger partial charge in [-0.15, -0.1) is 0 Å². The summed E-state index contributed by atoms with van der Waals surface area (Å²) in [6.07, 6.45) is 0. The molecular weight excluding hydrogens is 324 g/mol. The van der Waals surface area contributed by atoms with Gasteiger partial charge in [-0.1, -0.05) is 15.9 Å². The van der Waals surface area contributed by atoms with Crippen molar-refractivity contribution in [2.45, 2.75) is 6.92 Å². The van der Waals surface area contributed by atoms with E-state index in [0.29, 0.717) is 22.8 Å². The quantitative estimate of drug-likeness (QED) is 0.906. The first-order chi connectivity index (χ1) is 9.51. The van der Waals surface area contributed by atoms with Gasteiger partial charge in [0.15, 0.2) is 11.5 Å². The van der Waals surface area contributed by atoms with Gasteiger partial charge in [0, 0.05) is 4.47 Å². The largest absolute Gasteiger partial charge is 0.493 e. The van der Waals surface area contributed by atoms with Crippen LogP contribution in [0.4, 0.5) is 0 Å². The predicted molar refractivity (Wildman–Crippen MR) is 78.9 cm³/mol. The Hall–Kier alpha value is -2.01.